The van der Waals surface area contributed by atoms with E-state index in [-0.39, 0.29) is 11.9 Å². The lowest BCUT2D eigenvalue weighted by atomic mass is 10.1. The Kier molecular flexibility index (Phi) is 6.19. The molecule has 26 heavy (non-hydrogen) atoms. The number of amidine groups is 1. The highest BCUT2D eigenvalue weighted by Crippen LogP contribution is 2.29. The smallest absolute Gasteiger partial charge is 0.325 e. The Hall–Kier alpha value is -2.02. The minimum Gasteiger partial charge on any atom is -0.336 e. The predicted molar refractivity (Wildman–Crippen MR) is 105 cm³/mol. The number of carbonyl (C=O) groups is 2. The van der Waals surface area contributed by atoms with Crippen molar-refractivity contribution in [2.24, 2.45) is 4.99 Å². The zero-order chi connectivity index (χ0) is 18.5. The van der Waals surface area contributed by atoms with Gasteiger partial charge in [0.2, 0.25) is 0 Å². The maximum absolute atomic E-state index is 12.4. The Labute approximate surface area is 159 Å². The summed E-state index contributed by atoms with van der Waals surface area (Å²) in [5.74, 6) is 0.656. The van der Waals surface area contributed by atoms with Crippen LogP contribution >= 0.6 is 11.8 Å². The van der Waals surface area contributed by atoms with E-state index >= 15 is 0 Å². The van der Waals surface area contributed by atoms with E-state index in [9.17, 15) is 9.59 Å². The number of benzene rings is 1. The second kappa shape index (κ2) is 8.58. The number of likely N-dealkylation sites (N-methyl/N-ethyl adjacent to an activating group) is 1. The molecule has 1 aromatic rings. The minimum absolute atomic E-state index is 0.239. The third-order valence-corrected chi connectivity index (χ3v) is 5.80. The molecule has 6 nitrogen and oxygen atoms in total. The fourth-order valence-electron chi connectivity index (χ4n) is 3.29. The number of hydrogen-bond donors (Lipinski definition) is 1. The number of rotatable bonds is 7. The average Bonchev–Trinajstić information content (AvgIpc) is 3.00. The molecule has 140 valence electrons. The van der Waals surface area contributed by atoms with Crippen LogP contribution in [0.25, 0.3) is 0 Å². The lowest BCUT2D eigenvalue weighted by Gasteiger charge is -2.36. The molecule has 0 aliphatic carbocycles. The number of urea groups is 1. The summed E-state index contributed by atoms with van der Waals surface area (Å²) in [6.45, 7) is 2.96. The standard InChI is InChI=1S/C19H26N4O2S/c1-3-4-8-12-23-15-16(22(2)18(25)21-17(15)24)20-19(23)26-13-11-14-9-6-5-7-10-14/h5-7,9-10,15-16H,3-4,8,11-13H2,1-2H3,(H,21,24,25). The van der Waals surface area contributed by atoms with Crippen LogP contribution in [-0.4, -0.2) is 58.5 Å². The molecule has 3 amide bonds. The van der Waals surface area contributed by atoms with E-state index in [0.717, 1.165) is 43.1 Å². The summed E-state index contributed by atoms with van der Waals surface area (Å²) in [5, 5.41) is 3.33. The molecular formula is C19H26N4O2S. The van der Waals surface area contributed by atoms with Crippen molar-refractivity contribution in [3.05, 3.63) is 35.9 Å². The van der Waals surface area contributed by atoms with Gasteiger partial charge >= 0.3 is 6.03 Å². The average molecular weight is 375 g/mol. The molecule has 0 saturated carbocycles. The highest BCUT2D eigenvalue weighted by Gasteiger charge is 2.48. The first kappa shape index (κ1) is 18.8. The minimum atomic E-state index is -0.419. The molecule has 1 saturated heterocycles. The normalized spacial score (nSPS) is 22.3. The number of nitrogens with one attached hydrogen (secondary N) is 1. The van der Waals surface area contributed by atoms with Gasteiger partial charge < -0.3 is 9.80 Å². The van der Waals surface area contributed by atoms with E-state index in [0.29, 0.717) is 0 Å². The summed E-state index contributed by atoms with van der Waals surface area (Å²) in [7, 11) is 1.70. The van der Waals surface area contributed by atoms with Crippen molar-refractivity contribution in [2.45, 2.75) is 44.8 Å². The van der Waals surface area contributed by atoms with E-state index in [2.05, 4.69) is 29.3 Å². The highest BCUT2D eigenvalue weighted by molar-refractivity contribution is 8.13. The molecule has 1 fully saturated rings. The van der Waals surface area contributed by atoms with Gasteiger partial charge in [0.25, 0.3) is 5.91 Å². The molecule has 3 rings (SSSR count). The number of carbonyl (C=O) groups excluding carboxylic acids is 2. The second-order valence-electron chi connectivity index (χ2n) is 6.66. The molecule has 2 atom stereocenters. The Balaban J connectivity index is 1.69. The van der Waals surface area contributed by atoms with Crippen molar-refractivity contribution in [3.63, 3.8) is 0 Å². The Morgan fingerprint density at radius 3 is 2.69 bits per heavy atom. The summed E-state index contributed by atoms with van der Waals surface area (Å²) in [6.07, 6.45) is 3.79. The number of aliphatic imine (C=N–C) groups is 1. The van der Waals surface area contributed by atoms with Crippen LogP contribution in [0.15, 0.2) is 35.3 Å². The van der Waals surface area contributed by atoms with Crippen LogP contribution in [0.4, 0.5) is 4.79 Å². The Bertz CT molecular complexity index is 679. The maximum atomic E-state index is 12.4. The first-order valence-electron chi connectivity index (χ1n) is 9.20. The third-order valence-electron chi connectivity index (χ3n) is 4.79. The van der Waals surface area contributed by atoms with Crippen molar-refractivity contribution in [1.29, 1.82) is 0 Å². The zero-order valence-corrected chi connectivity index (χ0v) is 16.2. The van der Waals surface area contributed by atoms with Crippen LogP contribution in [0.5, 0.6) is 0 Å². The van der Waals surface area contributed by atoms with Crippen LogP contribution in [0.2, 0.25) is 0 Å². The fraction of sp³-hybridized carbons (Fsp3) is 0.526. The summed E-state index contributed by atoms with van der Waals surface area (Å²) in [4.78, 5) is 32.7. The van der Waals surface area contributed by atoms with Crippen molar-refractivity contribution in [1.82, 2.24) is 15.1 Å². The highest BCUT2D eigenvalue weighted by atomic mass is 32.2. The largest absolute Gasteiger partial charge is 0.336 e. The molecule has 1 N–H and O–H groups in total. The maximum Gasteiger partial charge on any atom is 0.325 e. The number of imide groups is 1. The van der Waals surface area contributed by atoms with Gasteiger partial charge in [-0.25, -0.2) is 9.79 Å². The van der Waals surface area contributed by atoms with E-state index in [1.807, 2.05) is 18.2 Å². The van der Waals surface area contributed by atoms with Crippen LogP contribution in [0.3, 0.4) is 0 Å². The zero-order valence-electron chi connectivity index (χ0n) is 15.4. The third kappa shape index (κ3) is 4.03. The van der Waals surface area contributed by atoms with Gasteiger partial charge in [-0.2, -0.15) is 0 Å². The first-order valence-corrected chi connectivity index (χ1v) is 10.2. The van der Waals surface area contributed by atoms with Gasteiger partial charge in [-0.1, -0.05) is 61.9 Å². The number of unbranched alkanes of at least 4 members (excludes halogenated alkanes) is 2. The Morgan fingerprint density at radius 2 is 1.96 bits per heavy atom. The van der Waals surface area contributed by atoms with E-state index in [1.54, 1.807) is 18.8 Å². The quantitative estimate of drug-likeness (QED) is 0.746. The summed E-state index contributed by atoms with van der Waals surface area (Å²) >= 11 is 1.67. The lowest BCUT2D eigenvalue weighted by Crippen LogP contribution is -2.63. The molecule has 0 spiro atoms. The van der Waals surface area contributed by atoms with Crippen molar-refractivity contribution >= 4 is 28.9 Å². The lowest BCUT2D eigenvalue weighted by molar-refractivity contribution is -0.127. The molecule has 7 heteroatoms. The topological polar surface area (TPSA) is 65.0 Å². The van der Waals surface area contributed by atoms with Gasteiger partial charge in [-0.15, -0.1) is 0 Å². The molecule has 0 aromatic heterocycles. The molecule has 2 aliphatic heterocycles. The molecule has 1 aromatic carbocycles. The van der Waals surface area contributed by atoms with Gasteiger partial charge in [0, 0.05) is 19.3 Å². The van der Waals surface area contributed by atoms with Crippen LogP contribution in [0.1, 0.15) is 31.7 Å². The summed E-state index contributed by atoms with van der Waals surface area (Å²) < 4.78 is 0. The van der Waals surface area contributed by atoms with Gasteiger partial charge in [0.1, 0.15) is 0 Å². The van der Waals surface area contributed by atoms with E-state index in [1.165, 1.54) is 10.5 Å². The predicted octanol–water partition coefficient (Wildman–Crippen LogP) is 2.70. The number of thioether (sulfide) groups is 1. The molecular weight excluding hydrogens is 348 g/mol. The number of aryl methyl sites for hydroxylation is 1. The van der Waals surface area contributed by atoms with Crippen LogP contribution in [0, 0.1) is 0 Å². The Morgan fingerprint density at radius 1 is 1.19 bits per heavy atom. The second-order valence-corrected chi connectivity index (χ2v) is 7.72. The number of fused-ring (bicyclic) bond motifs is 1. The SMILES string of the molecule is CCCCCN1C(SCCc2ccccc2)=NC2C1C(=O)NC(=O)N2C. The molecule has 0 bridgehead atoms. The van der Waals surface area contributed by atoms with Gasteiger partial charge in [-0.3, -0.25) is 10.1 Å². The summed E-state index contributed by atoms with van der Waals surface area (Å²) in [6, 6.07) is 9.57. The number of hydrogen-bond acceptors (Lipinski definition) is 5. The van der Waals surface area contributed by atoms with E-state index in [4.69, 9.17) is 4.99 Å². The molecule has 0 radical (unpaired) electrons. The van der Waals surface area contributed by atoms with Gasteiger partial charge in [0.05, 0.1) is 0 Å². The van der Waals surface area contributed by atoms with Crippen molar-refractivity contribution in [3.8, 4) is 0 Å². The molecule has 2 heterocycles. The van der Waals surface area contributed by atoms with E-state index < -0.39 is 12.2 Å². The molecule has 2 unspecified atom stereocenters. The van der Waals surface area contributed by atoms with Crippen LogP contribution in [-0.2, 0) is 11.2 Å². The monoisotopic (exact) mass is 374 g/mol. The van der Waals surface area contributed by atoms with Crippen molar-refractivity contribution in [2.75, 3.05) is 19.3 Å². The molecule has 2 aliphatic rings. The number of nitrogens with zero attached hydrogens (tertiary/aromatic N) is 3. The number of amides is 3. The fourth-order valence-corrected chi connectivity index (χ4v) is 4.37. The van der Waals surface area contributed by atoms with Gasteiger partial charge in [-0.05, 0) is 18.4 Å². The van der Waals surface area contributed by atoms with Gasteiger partial charge in [0.15, 0.2) is 17.4 Å². The summed E-state index contributed by atoms with van der Waals surface area (Å²) in [5.41, 5.74) is 1.29. The van der Waals surface area contributed by atoms with Crippen LogP contribution < -0.4 is 5.32 Å². The first-order chi connectivity index (χ1) is 12.6. The van der Waals surface area contributed by atoms with Crippen molar-refractivity contribution < 1.29 is 9.59 Å².